The summed E-state index contributed by atoms with van der Waals surface area (Å²) in [5, 5.41) is 11.5. The molecule has 2 aromatic carbocycles. The third-order valence-electron chi connectivity index (χ3n) is 2.36. The van der Waals surface area contributed by atoms with Crippen LogP contribution in [-0.4, -0.2) is 11.0 Å². The van der Waals surface area contributed by atoms with E-state index in [-0.39, 0.29) is 16.3 Å². The first kappa shape index (κ1) is 13.3. The van der Waals surface area contributed by atoms with Crippen LogP contribution in [0.4, 0.5) is 14.5 Å². The lowest BCUT2D eigenvalue weighted by Crippen LogP contribution is -2.13. The summed E-state index contributed by atoms with van der Waals surface area (Å²) < 4.78 is 25.9. The van der Waals surface area contributed by atoms with Crippen molar-refractivity contribution in [1.82, 2.24) is 0 Å². The summed E-state index contributed by atoms with van der Waals surface area (Å²) in [6, 6.07) is 7.25. The van der Waals surface area contributed by atoms with E-state index in [0.717, 1.165) is 12.1 Å². The highest BCUT2D eigenvalue weighted by Crippen LogP contribution is 2.22. The Kier molecular flexibility index (Phi) is 3.66. The number of phenols is 1. The Labute approximate surface area is 112 Å². The first-order chi connectivity index (χ1) is 8.97. The first-order valence-electron chi connectivity index (χ1n) is 5.22. The number of nitrogens with one attached hydrogen (secondary N) is 1. The highest BCUT2D eigenvalue weighted by Gasteiger charge is 2.15. The summed E-state index contributed by atoms with van der Waals surface area (Å²) >= 11 is 5.68. The molecule has 0 atom stereocenters. The molecule has 0 spiro atoms. The van der Waals surface area contributed by atoms with Gasteiger partial charge >= 0.3 is 0 Å². The molecular weight excluding hydrogens is 276 g/mol. The van der Waals surface area contributed by atoms with Gasteiger partial charge in [0.15, 0.2) is 11.6 Å². The number of amides is 1. The van der Waals surface area contributed by atoms with Gasteiger partial charge in [0.1, 0.15) is 5.75 Å². The van der Waals surface area contributed by atoms with Crippen LogP contribution >= 0.6 is 11.6 Å². The van der Waals surface area contributed by atoms with Gasteiger partial charge in [-0.1, -0.05) is 17.7 Å². The molecule has 2 rings (SSSR count). The third kappa shape index (κ3) is 3.00. The van der Waals surface area contributed by atoms with Crippen molar-refractivity contribution in [3.05, 3.63) is 58.6 Å². The molecule has 0 bridgehead atoms. The first-order valence-corrected chi connectivity index (χ1v) is 5.60. The molecule has 3 nitrogen and oxygen atoms in total. The summed E-state index contributed by atoms with van der Waals surface area (Å²) in [5.41, 5.74) is 0.120. The molecule has 0 aliphatic rings. The summed E-state index contributed by atoms with van der Waals surface area (Å²) in [6.07, 6.45) is 0. The van der Waals surface area contributed by atoms with Crippen LogP contribution < -0.4 is 5.32 Å². The van der Waals surface area contributed by atoms with Crippen LogP contribution in [-0.2, 0) is 0 Å². The maximum absolute atomic E-state index is 13.1. The molecule has 0 aromatic heterocycles. The number of aromatic hydroxyl groups is 1. The van der Waals surface area contributed by atoms with E-state index in [2.05, 4.69) is 5.32 Å². The predicted molar refractivity (Wildman–Crippen MR) is 67.4 cm³/mol. The quantitative estimate of drug-likeness (QED) is 0.828. The molecule has 19 heavy (non-hydrogen) atoms. The van der Waals surface area contributed by atoms with Crippen LogP contribution in [0, 0.1) is 11.6 Å². The number of carbonyl (C=O) groups is 1. The van der Waals surface area contributed by atoms with Gasteiger partial charge in [0, 0.05) is 11.8 Å². The second-order valence-electron chi connectivity index (χ2n) is 3.75. The highest BCUT2D eigenvalue weighted by molar-refractivity contribution is 6.34. The summed E-state index contributed by atoms with van der Waals surface area (Å²) in [7, 11) is 0. The minimum Gasteiger partial charge on any atom is -0.508 e. The Morgan fingerprint density at radius 1 is 1.16 bits per heavy atom. The highest BCUT2D eigenvalue weighted by atomic mass is 35.5. The molecule has 0 fully saturated rings. The van der Waals surface area contributed by atoms with Gasteiger partial charge in [0.2, 0.25) is 0 Å². The van der Waals surface area contributed by atoms with Crippen LogP contribution in [0.2, 0.25) is 5.02 Å². The van der Waals surface area contributed by atoms with Crippen LogP contribution in [0.1, 0.15) is 10.4 Å². The van der Waals surface area contributed by atoms with Gasteiger partial charge in [-0.15, -0.1) is 0 Å². The van der Waals surface area contributed by atoms with Gasteiger partial charge in [0.25, 0.3) is 5.91 Å². The molecule has 2 N–H and O–H groups in total. The Morgan fingerprint density at radius 3 is 2.53 bits per heavy atom. The molecule has 2 aromatic rings. The normalized spacial score (nSPS) is 10.3. The Hall–Kier alpha value is -2.14. The fourth-order valence-electron chi connectivity index (χ4n) is 1.48. The zero-order valence-corrected chi connectivity index (χ0v) is 10.2. The fourth-order valence-corrected chi connectivity index (χ4v) is 1.71. The van der Waals surface area contributed by atoms with Gasteiger partial charge in [-0.05, 0) is 24.3 Å². The molecule has 1 amide bonds. The van der Waals surface area contributed by atoms with E-state index in [1.165, 1.54) is 24.3 Å². The standard InChI is InChI=1S/C13H8ClF2NO2/c14-10-6-12(16)11(15)5-9(10)13(19)17-7-2-1-3-8(18)4-7/h1-6,18H,(H,17,19). The lowest BCUT2D eigenvalue weighted by molar-refractivity contribution is 0.102. The fraction of sp³-hybridized carbons (Fsp3) is 0. The van der Waals surface area contributed by atoms with Crippen LogP contribution in [0.25, 0.3) is 0 Å². The summed E-state index contributed by atoms with van der Waals surface area (Å²) in [5.74, 6) is -3.02. The second-order valence-corrected chi connectivity index (χ2v) is 4.16. The van der Waals surface area contributed by atoms with E-state index >= 15 is 0 Å². The van der Waals surface area contributed by atoms with Crippen molar-refractivity contribution in [2.24, 2.45) is 0 Å². The number of carbonyl (C=O) groups excluding carboxylic acids is 1. The summed E-state index contributed by atoms with van der Waals surface area (Å²) in [6.45, 7) is 0. The van der Waals surface area contributed by atoms with Gasteiger partial charge in [-0.2, -0.15) is 0 Å². The molecule has 0 unspecified atom stereocenters. The molecular formula is C13H8ClF2NO2. The van der Waals surface area contributed by atoms with E-state index in [1.807, 2.05) is 0 Å². The molecule has 0 saturated heterocycles. The van der Waals surface area contributed by atoms with Gasteiger partial charge < -0.3 is 10.4 Å². The second kappa shape index (κ2) is 5.24. The minimum atomic E-state index is -1.16. The molecule has 0 saturated carbocycles. The van der Waals surface area contributed by atoms with Crippen molar-refractivity contribution in [3.63, 3.8) is 0 Å². The molecule has 0 aliphatic heterocycles. The number of hydrogen-bond acceptors (Lipinski definition) is 2. The lowest BCUT2D eigenvalue weighted by atomic mass is 10.2. The van der Waals surface area contributed by atoms with Crippen LogP contribution in [0.3, 0.4) is 0 Å². The maximum Gasteiger partial charge on any atom is 0.257 e. The molecule has 98 valence electrons. The third-order valence-corrected chi connectivity index (χ3v) is 2.67. The van der Waals surface area contributed by atoms with E-state index in [9.17, 15) is 18.7 Å². The lowest BCUT2D eigenvalue weighted by Gasteiger charge is -2.07. The molecule has 0 radical (unpaired) electrons. The number of rotatable bonds is 2. The smallest absolute Gasteiger partial charge is 0.257 e. The van der Waals surface area contributed by atoms with Gasteiger partial charge in [-0.25, -0.2) is 8.78 Å². The van der Waals surface area contributed by atoms with E-state index in [1.54, 1.807) is 0 Å². The Balaban J connectivity index is 2.28. The van der Waals surface area contributed by atoms with E-state index < -0.39 is 17.5 Å². The zero-order chi connectivity index (χ0) is 14.0. The van der Waals surface area contributed by atoms with Crippen LogP contribution in [0.15, 0.2) is 36.4 Å². The van der Waals surface area contributed by atoms with Crippen molar-refractivity contribution < 1.29 is 18.7 Å². The number of hydrogen-bond donors (Lipinski definition) is 2. The number of halogens is 3. The number of anilines is 1. The van der Waals surface area contributed by atoms with Crippen molar-refractivity contribution in [3.8, 4) is 5.75 Å². The zero-order valence-electron chi connectivity index (χ0n) is 9.45. The van der Waals surface area contributed by atoms with E-state index in [0.29, 0.717) is 5.69 Å². The van der Waals surface area contributed by atoms with Crippen molar-refractivity contribution in [2.75, 3.05) is 5.32 Å². The van der Waals surface area contributed by atoms with Gasteiger partial charge in [0.05, 0.1) is 10.6 Å². The number of benzene rings is 2. The largest absolute Gasteiger partial charge is 0.508 e. The average Bonchev–Trinajstić information content (AvgIpc) is 2.33. The van der Waals surface area contributed by atoms with Crippen LogP contribution in [0.5, 0.6) is 5.75 Å². The van der Waals surface area contributed by atoms with Crippen molar-refractivity contribution in [2.45, 2.75) is 0 Å². The molecule has 0 heterocycles. The Morgan fingerprint density at radius 2 is 1.84 bits per heavy atom. The maximum atomic E-state index is 13.1. The number of phenolic OH excluding ortho intramolecular Hbond substituents is 1. The van der Waals surface area contributed by atoms with Crippen molar-refractivity contribution in [1.29, 1.82) is 0 Å². The average molecular weight is 284 g/mol. The Bertz CT molecular complexity index is 647. The topological polar surface area (TPSA) is 49.3 Å². The monoisotopic (exact) mass is 283 g/mol. The SMILES string of the molecule is O=C(Nc1cccc(O)c1)c1cc(F)c(F)cc1Cl. The molecule has 6 heteroatoms. The summed E-state index contributed by atoms with van der Waals surface area (Å²) in [4.78, 5) is 11.8. The predicted octanol–water partition coefficient (Wildman–Crippen LogP) is 3.58. The van der Waals surface area contributed by atoms with E-state index in [4.69, 9.17) is 11.6 Å². The molecule has 0 aliphatic carbocycles. The van der Waals surface area contributed by atoms with Crippen molar-refractivity contribution >= 4 is 23.2 Å². The van der Waals surface area contributed by atoms with Gasteiger partial charge in [-0.3, -0.25) is 4.79 Å². The minimum absolute atomic E-state index is 0.0332.